The summed E-state index contributed by atoms with van der Waals surface area (Å²) in [5.74, 6) is 0. The van der Waals surface area contributed by atoms with Gasteiger partial charge in [-0.1, -0.05) is 33.6 Å². The highest BCUT2D eigenvalue weighted by atomic mass is 79.9. The van der Waals surface area contributed by atoms with Crippen LogP contribution in [0, 0.1) is 5.13 Å². The number of hydrogen-bond donors (Lipinski definition) is 0. The van der Waals surface area contributed by atoms with E-state index in [1.54, 1.807) is 0 Å². The molecule has 0 saturated carbocycles. The number of benzene rings is 1. The molecule has 1 aromatic heterocycles. The number of fused-ring (bicyclic) bond motifs is 1. The van der Waals surface area contributed by atoms with Crippen molar-refractivity contribution in [1.29, 1.82) is 0 Å². The summed E-state index contributed by atoms with van der Waals surface area (Å²) in [6.07, 6.45) is 0. The monoisotopic (exact) mass is 278 g/mol. The van der Waals surface area contributed by atoms with E-state index in [9.17, 15) is 4.39 Å². The molecule has 0 aliphatic rings. The van der Waals surface area contributed by atoms with Crippen molar-refractivity contribution in [3.63, 3.8) is 0 Å². The molecule has 0 aliphatic carbocycles. The molecule has 0 atom stereocenters. The second-order valence-electron chi connectivity index (χ2n) is 2.63. The van der Waals surface area contributed by atoms with Crippen LogP contribution in [0.2, 0.25) is 5.02 Å². The standard InChI is InChI=1S/C9H5BrClFS/c10-4-5-1-2-7-6(9(5)11)3-8(12)13-7/h1-3H,4H2. The van der Waals surface area contributed by atoms with Crippen LogP contribution in [0.5, 0.6) is 0 Å². The third-order valence-electron chi connectivity index (χ3n) is 1.83. The van der Waals surface area contributed by atoms with Crippen LogP contribution < -0.4 is 0 Å². The molecule has 0 aliphatic heterocycles. The zero-order chi connectivity index (χ0) is 9.42. The van der Waals surface area contributed by atoms with E-state index in [0.29, 0.717) is 10.4 Å². The predicted molar refractivity (Wildman–Crippen MR) is 59.4 cm³/mol. The Labute approximate surface area is 92.5 Å². The van der Waals surface area contributed by atoms with Crippen molar-refractivity contribution in [3.8, 4) is 0 Å². The predicted octanol–water partition coefficient (Wildman–Crippen LogP) is 4.59. The van der Waals surface area contributed by atoms with Gasteiger partial charge in [0.15, 0.2) is 5.13 Å². The molecule has 2 rings (SSSR count). The highest BCUT2D eigenvalue weighted by Crippen LogP contribution is 2.33. The molecule has 2 aromatic rings. The molecular weight excluding hydrogens is 275 g/mol. The molecule has 1 aromatic carbocycles. The molecule has 0 saturated heterocycles. The van der Waals surface area contributed by atoms with E-state index in [1.165, 1.54) is 6.07 Å². The van der Waals surface area contributed by atoms with Gasteiger partial charge in [0.25, 0.3) is 0 Å². The lowest BCUT2D eigenvalue weighted by Gasteiger charge is -1.99. The van der Waals surface area contributed by atoms with Crippen LogP contribution in [0.25, 0.3) is 10.1 Å². The summed E-state index contributed by atoms with van der Waals surface area (Å²) < 4.78 is 13.8. The first-order valence-corrected chi connectivity index (χ1v) is 5.96. The minimum atomic E-state index is -0.191. The fourth-order valence-electron chi connectivity index (χ4n) is 1.20. The van der Waals surface area contributed by atoms with Crippen molar-refractivity contribution in [1.82, 2.24) is 0 Å². The van der Waals surface area contributed by atoms with Gasteiger partial charge < -0.3 is 0 Å². The van der Waals surface area contributed by atoms with Gasteiger partial charge in [0, 0.05) is 15.4 Å². The van der Waals surface area contributed by atoms with Gasteiger partial charge in [0.05, 0.1) is 5.02 Å². The highest BCUT2D eigenvalue weighted by Gasteiger charge is 2.07. The fourth-order valence-corrected chi connectivity index (χ4v) is 2.96. The Hall–Kier alpha value is -0.120. The number of hydrogen-bond acceptors (Lipinski definition) is 1. The summed E-state index contributed by atoms with van der Waals surface area (Å²) >= 11 is 10.5. The van der Waals surface area contributed by atoms with Gasteiger partial charge in [-0.15, -0.1) is 11.3 Å². The van der Waals surface area contributed by atoms with Crippen molar-refractivity contribution in [3.05, 3.63) is 33.9 Å². The number of rotatable bonds is 1. The zero-order valence-electron chi connectivity index (χ0n) is 6.48. The third-order valence-corrected chi connectivity index (χ3v) is 3.77. The smallest absolute Gasteiger partial charge is 0.177 e. The zero-order valence-corrected chi connectivity index (χ0v) is 9.64. The van der Waals surface area contributed by atoms with E-state index in [2.05, 4.69) is 15.9 Å². The normalized spacial score (nSPS) is 11.0. The molecule has 0 nitrogen and oxygen atoms in total. The topological polar surface area (TPSA) is 0 Å². The van der Waals surface area contributed by atoms with Gasteiger partial charge in [0.1, 0.15) is 0 Å². The van der Waals surface area contributed by atoms with E-state index >= 15 is 0 Å². The Morgan fingerprint density at radius 3 is 2.92 bits per heavy atom. The second kappa shape index (κ2) is 3.56. The third kappa shape index (κ3) is 1.60. The van der Waals surface area contributed by atoms with Crippen LogP contribution in [-0.2, 0) is 5.33 Å². The molecule has 0 radical (unpaired) electrons. The van der Waals surface area contributed by atoms with Gasteiger partial charge in [-0.05, 0) is 17.7 Å². The molecule has 0 bridgehead atoms. The first kappa shape index (κ1) is 9.44. The van der Waals surface area contributed by atoms with Crippen LogP contribution in [0.15, 0.2) is 18.2 Å². The van der Waals surface area contributed by atoms with E-state index in [4.69, 9.17) is 11.6 Å². The highest BCUT2D eigenvalue weighted by molar-refractivity contribution is 9.08. The Kier molecular flexibility index (Phi) is 2.58. The summed E-state index contributed by atoms with van der Waals surface area (Å²) in [4.78, 5) is 0. The van der Waals surface area contributed by atoms with E-state index in [-0.39, 0.29) is 5.13 Å². The van der Waals surface area contributed by atoms with Crippen molar-refractivity contribution >= 4 is 49.0 Å². The minimum absolute atomic E-state index is 0.191. The van der Waals surface area contributed by atoms with Crippen LogP contribution in [-0.4, -0.2) is 0 Å². The average Bonchev–Trinajstić information content (AvgIpc) is 2.47. The molecule has 0 fully saturated rings. The number of halogens is 3. The Morgan fingerprint density at radius 1 is 1.46 bits per heavy atom. The molecule has 0 N–H and O–H groups in total. The SMILES string of the molecule is Fc1cc2c(Cl)c(CBr)ccc2s1. The fraction of sp³-hybridized carbons (Fsp3) is 0.111. The minimum Gasteiger partial charge on any atom is -0.195 e. The molecular formula is C9H5BrClFS. The van der Waals surface area contributed by atoms with Gasteiger partial charge in [-0.3, -0.25) is 0 Å². The average molecular weight is 280 g/mol. The molecule has 13 heavy (non-hydrogen) atoms. The van der Waals surface area contributed by atoms with Gasteiger partial charge in [-0.2, -0.15) is 4.39 Å². The maximum absolute atomic E-state index is 12.9. The largest absolute Gasteiger partial charge is 0.195 e. The number of alkyl halides is 1. The summed E-state index contributed by atoms with van der Waals surface area (Å²) in [7, 11) is 0. The van der Waals surface area contributed by atoms with Crippen LogP contribution in [0.3, 0.4) is 0 Å². The van der Waals surface area contributed by atoms with Gasteiger partial charge in [0.2, 0.25) is 0 Å². The van der Waals surface area contributed by atoms with Crippen LogP contribution in [0.4, 0.5) is 4.39 Å². The molecule has 68 valence electrons. The molecule has 0 unspecified atom stereocenters. The number of thiophene rings is 1. The molecule has 0 amide bonds. The summed E-state index contributed by atoms with van der Waals surface area (Å²) in [5, 5.41) is 1.96. The van der Waals surface area contributed by atoms with Crippen molar-refractivity contribution in [2.75, 3.05) is 0 Å². The Balaban J connectivity index is 2.78. The summed E-state index contributed by atoms with van der Waals surface area (Å²) in [6, 6.07) is 5.29. The van der Waals surface area contributed by atoms with E-state index in [1.807, 2.05) is 12.1 Å². The maximum Gasteiger partial charge on any atom is 0.177 e. The lowest BCUT2D eigenvalue weighted by molar-refractivity contribution is 0.658. The summed E-state index contributed by atoms with van der Waals surface area (Å²) in [6.45, 7) is 0. The lowest BCUT2D eigenvalue weighted by atomic mass is 10.2. The maximum atomic E-state index is 12.9. The second-order valence-corrected chi connectivity index (χ2v) is 4.61. The van der Waals surface area contributed by atoms with Gasteiger partial charge >= 0.3 is 0 Å². The van der Waals surface area contributed by atoms with Crippen LogP contribution in [0.1, 0.15) is 5.56 Å². The first-order chi connectivity index (χ1) is 6.22. The van der Waals surface area contributed by atoms with E-state index in [0.717, 1.165) is 27.0 Å². The quantitative estimate of drug-likeness (QED) is 0.670. The van der Waals surface area contributed by atoms with Crippen molar-refractivity contribution < 1.29 is 4.39 Å². The Bertz CT molecular complexity index is 452. The molecule has 1 heterocycles. The van der Waals surface area contributed by atoms with Crippen molar-refractivity contribution in [2.24, 2.45) is 0 Å². The van der Waals surface area contributed by atoms with Crippen LogP contribution >= 0.6 is 38.9 Å². The molecule has 0 spiro atoms. The molecule has 4 heteroatoms. The van der Waals surface area contributed by atoms with Crippen molar-refractivity contribution in [2.45, 2.75) is 5.33 Å². The van der Waals surface area contributed by atoms with Gasteiger partial charge in [-0.25, -0.2) is 0 Å². The summed E-state index contributed by atoms with van der Waals surface area (Å²) in [5.41, 5.74) is 0.993. The lowest BCUT2D eigenvalue weighted by Crippen LogP contribution is -1.78. The van der Waals surface area contributed by atoms with E-state index < -0.39 is 0 Å². The Morgan fingerprint density at radius 2 is 2.23 bits per heavy atom. The first-order valence-electron chi connectivity index (χ1n) is 3.65.